The van der Waals surface area contributed by atoms with Gasteiger partial charge in [-0.05, 0) is 38.2 Å². The summed E-state index contributed by atoms with van der Waals surface area (Å²) in [5, 5.41) is 11.9. The highest BCUT2D eigenvalue weighted by molar-refractivity contribution is 5.89. The standard InChI is InChI=1S/C18H26N2O3/c1-14(8-7-13-21)19-18(23)17(15-9-3-2-4-10-15)20-12-6-5-11-16(20)22/h2-4,9-10,14,17,21H,5-8,11-13H2,1H3,(H,19,23). The van der Waals surface area contributed by atoms with E-state index in [9.17, 15) is 9.59 Å². The smallest absolute Gasteiger partial charge is 0.247 e. The maximum absolute atomic E-state index is 12.8. The molecule has 5 heteroatoms. The molecule has 0 spiro atoms. The Labute approximate surface area is 137 Å². The molecule has 1 aromatic rings. The van der Waals surface area contributed by atoms with Gasteiger partial charge in [0.05, 0.1) is 0 Å². The van der Waals surface area contributed by atoms with Gasteiger partial charge in [-0.15, -0.1) is 0 Å². The van der Waals surface area contributed by atoms with Crippen LogP contribution in [0.2, 0.25) is 0 Å². The van der Waals surface area contributed by atoms with Gasteiger partial charge in [-0.1, -0.05) is 30.3 Å². The Balaban J connectivity index is 2.16. The van der Waals surface area contributed by atoms with Crippen LogP contribution in [-0.2, 0) is 9.59 Å². The van der Waals surface area contributed by atoms with Crippen LogP contribution in [0.25, 0.3) is 0 Å². The number of carbonyl (C=O) groups excluding carboxylic acids is 2. The fraction of sp³-hybridized carbons (Fsp3) is 0.556. The molecule has 0 bridgehead atoms. The molecule has 2 atom stereocenters. The van der Waals surface area contributed by atoms with Gasteiger partial charge in [0.1, 0.15) is 6.04 Å². The Morgan fingerprint density at radius 3 is 2.70 bits per heavy atom. The first-order valence-corrected chi connectivity index (χ1v) is 8.39. The fourth-order valence-corrected chi connectivity index (χ4v) is 3.00. The Morgan fingerprint density at radius 1 is 1.30 bits per heavy atom. The summed E-state index contributed by atoms with van der Waals surface area (Å²) in [7, 11) is 0. The van der Waals surface area contributed by atoms with Crippen molar-refractivity contribution in [3.8, 4) is 0 Å². The van der Waals surface area contributed by atoms with E-state index in [0.29, 0.717) is 19.4 Å². The molecule has 0 radical (unpaired) electrons. The third-order valence-electron chi connectivity index (χ3n) is 4.22. The second kappa shape index (κ2) is 8.67. The van der Waals surface area contributed by atoms with Crippen LogP contribution >= 0.6 is 0 Å². The maximum Gasteiger partial charge on any atom is 0.247 e. The van der Waals surface area contributed by atoms with Crippen LogP contribution in [0.5, 0.6) is 0 Å². The van der Waals surface area contributed by atoms with E-state index in [-0.39, 0.29) is 24.5 Å². The number of carbonyl (C=O) groups is 2. The second-order valence-corrected chi connectivity index (χ2v) is 6.13. The van der Waals surface area contributed by atoms with Crippen molar-refractivity contribution in [3.05, 3.63) is 35.9 Å². The number of hydrogen-bond acceptors (Lipinski definition) is 3. The van der Waals surface area contributed by atoms with Gasteiger partial charge in [-0.2, -0.15) is 0 Å². The molecular formula is C18H26N2O3. The Morgan fingerprint density at radius 2 is 2.04 bits per heavy atom. The first-order valence-electron chi connectivity index (χ1n) is 8.39. The number of hydrogen-bond donors (Lipinski definition) is 2. The predicted octanol–water partition coefficient (Wildman–Crippen LogP) is 2.02. The summed E-state index contributed by atoms with van der Waals surface area (Å²) in [6.07, 6.45) is 3.71. The summed E-state index contributed by atoms with van der Waals surface area (Å²) in [6, 6.07) is 8.87. The largest absolute Gasteiger partial charge is 0.396 e. The van der Waals surface area contributed by atoms with Crippen molar-refractivity contribution in [2.45, 2.75) is 51.1 Å². The molecule has 2 amide bonds. The second-order valence-electron chi connectivity index (χ2n) is 6.13. The van der Waals surface area contributed by atoms with Gasteiger partial charge in [0.15, 0.2) is 0 Å². The number of likely N-dealkylation sites (tertiary alicyclic amines) is 1. The van der Waals surface area contributed by atoms with E-state index < -0.39 is 6.04 Å². The van der Waals surface area contributed by atoms with E-state index >= 15 is 0 Å². The normalized spacial score (nSPS) is 17.7. The van der Waals surface area contributed by atoms with Crippen LogP contribution in [0.4, 0.5) is 0 Å². The topological polar surface area (TPSA) is 69.6 Å². The van der Waals surface area contributed by atoms with E-state index in [1.807, 2.05) is 37.3 Å². The molecular weight excluding hydrogens is 292 g/mol. The first-order chi connectivity index (χ1) is 11.1. The molecule has 23 heavy (non-hydrogen) atoms. The molecule has 1 fully saturated rings. The van der Waals surface area contributed by atoms with Crippen LogP contribution in [0.3, 0.4) is 0 Å². The lowest BCUT2D eigenvalue weighted by molar-refractivity contribution is -0.143. The van der Waals surface area contributed by atoms with E-state index in [2.05, 4.69) is 5.32 Å². The molecule has 2 N–H and O–H groups in total. The lowest BCUT2D eigenvalue weighted by Crippen LogP contribution is -2.47. The van der Waals surface area contributed by atoms with Gasteiger partial charge >= 0.3 is 0 Å². The van der Waals surface area contributed by atoms with Gasteiger partial charge in [0.2, 0.25) is 11.8 Å². The van der Waals surface area contributed by atoms with Gasteiger partial charge in [0, 0.05) is 25.6 Å². The Bertz CT molecular complexity index is 518. The average Bonchev–Trinajstić information content (AvgIpc) is 2.56. The molecule has 0 saturated carbocycles. The Kier molecular flexibility index (Phi) is 6.59. The van der Waals surface area contributed by atoms with Crippen LogP contribution in [0.15, 0.2) is 30.3 Å². The minimum atomic E-state index is -0.569. The lowest BCUT2D eigenvalue weighted by atomic mass is 10.00. The van der Waals surface area contributed by atoms with E-state index in [0.717, 1.165) is 24.8 Å². The lowest BCUT2D eigenvalue weighted by Gasteiger charge is -2.34. The number of aliphatic hydroxyl groups is 1. The van der Waals surface area contributed by atoms with Gasteiger partial charge < -0.3 is 15.3 Å². The van der Waals surface area contributed by atoms with Crippen LogP contribution in [0.1, 0.15) is 50.6 Å². The first kappa shape index (κ1) is 17.5. The number of nitrogens with one attached hydrogen (secondary N) is 1. The van der Waals surface area contributed by atoms with Crippen molar-refractivity contribution >= 4 is 11.8 Å². The van der Waals surface area contributed by atoms with Gasteiger partial charge in [0.25, 0.3) is 0 Å². The van der Waals surface area contributed by atoms with Gasteiger partial charge in [-0.3, -0.25) is 9.59 Å². The van der Waals surface area contributed by atoms with Crippen LogP contribution < -0.4 is 5.32 Å². The Hall–Kier alpha value is -1.88. The number of piperidine rings is 1. The zero-order chi connectivity index (χ0) is 16.7. The average molecular weight is 318 g/mol. The predicted molar refractivity (Wildman–Crippen MR) is 88.7 cm³/mol. The van der Waals surface area contributed by atoms with Crippen molar-refractivity contribution in [1.82, 2.24) is 10.2 Å². The zero-order valence-electron chi connectivity index (χ0n) is 13.7. The molecule has 0 aliphatic carbocycles. The molecule has 1 saturated heterocycles. The van der Waals surface area contributed by atoms with Crippen molar-refractivity contribution in [2.24, 2.45) is 0 Å². The molecule has 2 unspecified atom stereocenters. The molecule has 1 aliphatic rings. The van der Waals surface area contributed by atoms with E-state index in [1.165, 1.54) is 0 Å². The number of amides is 2. The summed E-state index contributed by atoms with van der Waals surface area (Å²) < 4.78 is 0. The molecule has 1 aliphatic heterocycles. The van der Waals surface area contributed by atoms with Gasteiger partial charge in [-0.25, -0.2) is 0 Å². The number of rotatable bonds is 7. The summed E-state index contributed by atoms with van der Waals surface area (Å²) in [6.45, 7) is 2.66. The molecule has 5 nitrogen and oxygen atoms in total. The monoisotopic (exact) mass is 318 g/mol. The number of benzene rings is 1. The SMILES string of the molecule is CC(CCCO)NC(=O)C(c1ccccc1)N1CCCCC1=O. The molecule has 0 aromatic heterocycles. The maximum atomic E-state index is 12.8. The van der Waals surface area contributed by atoms with Crippen LogP contribution in [0, 0.1) is 0 Å². The highest BCUT2D eigenvalue weighted by atomic mass is 16.3. The third kappa shape index (κ3) is 4.79. The van der Waals surface area contributed by atoms with Crippen molar-refractivity contribution in [2.75, 3.05) is 13.2 Å². The highest BCUT2D eigenvalue weighted by Crippen LogP contribution is 2.26. The van der Waals surface area contributed by atoms with Crippen molar-refractivity contribution in [1.29, 1.82) is 0 Å². The third-order valence-corrected chi connectivity index (χ3v) is 4.22. The molecule has 1 heterocycles. The van der Waals surface area contributed by atoms with E-state index in [4.69, 9.17) is 5.11 Å². The quantitative estimate of drug-likeness (QED) is 0.808. The zero-order valence-corrected chi connectivity index (χ0v) is 13.7. The summed E-state index contributed by atoms with van der Waals surface area (Å²) in [5.41, 5.74) is 0.842. The minimum absolute atomic E-state index is 0.0271. The van der Waals surface area contributed by atoms with Crippen LogP contribution in [-0.4, -0.2) is 41.0 Å². The molecule has 126 valence electrons. The summed E-state index contributed by atoms with van der Waals surface area (Å²) in [5.74, 6) is -0.0971. The highest BCUT2D eigenvalue weighted by Gasteiger charge is 2.32. The number of aliphatic hydroxyl groups excluding tert-OH is 1. The summed E-state index contributed by atoms with van der Waals surface area (Å²) in [4.78, 5) is 26.8. The fourth-order valence-electron chi connectivity index (χ4n) is 3.00. The molecule has 1 aromatic carbocycles. The minimum Gasteiger partial charge on any atom is -0.396 e. The molecule has 2 rings (SSSR count). The number of nitrogens with zero attached hydrogens (tertiary/aromatic N) is 1. The van der Waals surface area contributed by atoms with Crippen molar-refractivity contribution < 1.29 is 14.7 Å². The van der Waals surface area contributed by atoms with Crippen molar-refractivity contribution in [3.63, 3.8) is 0 Å². The summed E-state index contributed by atoms with van der Waals surface area (Å²) >= 11 is 0. The van der Waals surface area contributed by atoms with E-state index in [1.54, 1.807) is 4.90 Å².